The standard InChI is InChI=1S/C16H15BrOS/c1-12(19-11-13-5-3-2-4-6-13)16(18)14-7-9-15(17)10-8-14/h2-10,12H,11H2,1H3. The predicted octanol–water partition coefficient (Wildman–Crippen LogP) is 4.95. The molecule has 98 valence electrons. The average Bonchev–Trinajstić information content (AvgIpc) is 2.46. The fraction of sp³-hybridized carbons (Fsp3) is 0.188. The molecule has 0 radical (unpaired) electrons. The molecule has 0 aromatic heterocycles. The fourth-order valence-corrected chi connectivity index (χ4v) is 2.91. The first-order valence-electron chi connectivity index (χ1n) is 6.12. The molecule has 2 aromatic carbocycles. The van der Waals surface area contributed by atoms with Crippen LogP contribution >= 0.6 is 27.7 Å². The van der Waals surface area contributed by atoms with Gasteiger partial charge in [-0.25, -0.2) is 0 Å². The Kier molecular flexibility index (Phi) is 5.23. The molecule has 0 spiro atoms. The van der Waals surface area contributed by atoms with E-state index >= 15 is 0 Å². The van der Waals surface area contributed by atoms with E-state index in [4.69, 9.17) is 0 Å². The van der Waals surface area contributed by atoms with Gasteiger partial charge in [-0.1, -0.05) is 58.4 Å². The maximum Gasteiger partial charge on any atom is 0.175 e. The van der Waals surface area contributed by atoms with Crippen molar-refractivity contribution < 1.29 is 4.79 Å². The molecule has 0 amide bonds. The molecular formula is C16H15BrOS. The van der Waals surface area contributed by atoms with Crippen molar-refractivity contribution in [3.05, 3.63) is 70.2 Å². The van der Waals surface area contributed by atoms with Gasteiger partial charge in [0.05, 0.1) is 5.25 Å². The molecule has 2 rings (SSSR count). The van der Waals surface area contributed by atoms with Crippen molar-refractivity contribution in [1.82, 2.24) is 0 Å². The Hall–Kier alpha value is -1.06. The Bertz CT molecular complexity index is 536. The van der Waals surface area contributed by atoms with Gasteiger partial charge in [-0.3, -0.25) is 4.79 Å². The second-order valence-electron chi connectivity index (χ2n) is 4.31. The van der Waals surface area contributed by atoms with Crippen LogP contribution in [0.3, 0.4) is 0 Å². The number of carbonyl (C=O) groups excluding carboxylic acids is 1. The number of rotatable bonds is 5. The maximum absolute atomic E-state index is 12.2. The summed E-state index contributed by atoms with van der Waals surface area (Å²) in [6.07, 6.45) is 0. The molecule has 1 atom stereocenters. The second-order valence-corrected chi connectivity index (χ2v) is 6.55. The molecule has 3 heteroatoms. The van der Waals surface area contributed by atoms with Crippen LogP contribution in [0, 0.1) is 0 Å². The lowest BCUT2D eigenvalue weighted by molar-refractivity contribution is 0.0994. The van der Waals surface area contributed by atoms with Gasteiger partial charge in [-0.2, -0.15) is 0 Å². The molecule has 0 saturated heterocycles. The van der Waals surface area contributed by atoms with Gasteiger partial charge in [0.15, 0.2) is 5.78 Å². The summed E-state index contributed by atoms with van der Waals surface area (Å²) in [4.78, 5) is 12.2. The minimum atomic E-state index is -0.0265. The molecule has 0 aliphatic heterocycles. The largest absolute Gasteiger partial charge is 0.293 e. The van der Waals surface area contributed by atoms with Crippen LogP contribution in [-0.2, 0) is 5.75 Å². The number of halogens is 1. The smallest absolute Gasteiger partial charge is 0.175 e. The van der Waals surface area contributed by atoms with Crippen molar-refractivity contribution in [2.75, 3.05) is 0 Å². The van der Waals surface area contributed by atoms with Gasteiger partial charge < -0.3 is 0 Å². The highest BCUT2D eigenvalue weighted by Crippen LogP contribution is 2.21. The summed E-state index contributed by atoms with van der Waals surface area (Å²) in [5.41, 5.74) is 2.03. The minimum Gasteiger partial charge on any atom is -0.293 e. The van der Waals surface area contributed by atoms with E-state index in [1.165, 1.54) is 5.56 Å². The van der Waals surface area contributed by atoms with Crippen LogP contribution in [0.5, 0.6) is 0 Å². The quantitative estimate of drug-likeness (QED) is 0.719. The summed E-state index contributed by atoms with van der Waals surface area (Å²) >= 11 is 5.05. The van der Waals surface area contributed by atoms with E-state index in [1.54, 1.807) is 11.8 Å². The molecule has 19 heavy (non-hydrogen) atoms. The van der Waals surface area contributed by atoms with E-state index in [9.17, 15) is 4.79 Å². The summed E-state index contributed by atoms with van der Waals surface area (Å²) in [5.74, 6) is 1.05. The second kappa shape index (κ2) is 6.92. The normalized spacial score (nSPS) is 12.1. The first-order valence-corrected chi connectivity index (χ1v) is 7.96. The summed E-state index contributed by atoms with van der Waals surface area (Å²) in [7, 11) is 0. The topological polar surface area (TPSA) is 17.1 Å². The van der Waals surface area contributed by atoms with Crippen molar-refractivity contribution in [1.29, 1.82) is 0 Å². The third-order valence-corrected chi connectivity index (χ3v) is 4.58. The van der Waals surface area contributed by atoms with Crippen LogP contribution in [0.1, 0.15) is 22.8 Å². The average molecular weight is 335 g/mol. The van der Waals surface area contributed by atoms with E-state index in [-0.39, 0.29) is 11.0 Å². The Labute approximate surface area is 126 Å². The van der Waals surface area contributed by atoms with Crippen LogP contribution in [-0.4, -0.2) is 11.0 Å². The zero-order valence-electron chi connectivity index (χ0n) is 10.7. The molecule has 0 aliphatic carbocycles. The van der Waals surface area contributed by atoms with Gasteiger partial charge in [-0.15, -0.1) is 11.8 Å². The lowest BCUT2D eigenvalue weighted by Crippen LogP contribution is -2.13. The van der Waals surface area contributed by atoms with Gasteiger partial charge >= 0.3 is 0 Å². The monoisotopic (exact) mass is 334 g/mol. The predicted molar refractivity (Wildman–Crippen MR) is 85.7 cm³/mol. The first-order chi connectivity index (χ1) is 9.16. The molecular weight excluding hydrogens is 320 g/mol. The van der Waals surface area contributed by atoms with Crippen molar-refractivity contribution in [2.24, 2.45) is 0 Å². The number of benzene rings is 2. The minimum absolute atomic E-state index is 0.0265. The summed E-state index contributed by atoms with van der Waals surface area (Å²) in [6, 6.07) is 17.8. The van der Waals surface area contributed by atoms with Crippen LogP contribution in [0.4, 0.5) is 0 Å². The van der Waals surface area contributed by atoms with Crippen molar-refractivity contribution >= 4 is 33.5 Å². The maximum atomic E-state index is 12.2. The number of hydrogen-bond acceptors (Lipinski definition) is 2. The highest BCUT2D eigenvalue weighted by atomic mass is 79.9. The van der Waals surface area contributed by atoms with Crippen LogP contribution in [0.2, 0.25) is 0 Å². The molecule has 2 aromatic rings. The molecule has 0 aliphatic rings. The number of thioether (sulfide) groups is 1. The highest BCUT2D eigenvalue weighted by molar-refractivity contribution is 9.10. The molecule has 1 nitrogen and oxygen atoms in total. The van der Waals surface area contributed by atoms with E-state index in [0.29, 0.717) is 0 Å². The van der Waals surface area contributed by atoms with Gasteiger partial charge in [0.25, 0.3) is 0 Å². The molecule has 1 unspecified atom stereocenters. The van der Waals surface area contributed by atoms with Crippen molar-refractivity contribution in [3.8, 4) is 0 Å². The molecule has 0 bridgehead atoms. The zero-order chi connectivity index (χ0) is 13.7. The van der Waals surface area contributed by atoms with Crippen LogP contribution in [0.25, 0.3) is 0 Å². The highest BCUT2D eigenvalue weighted by Gasteiger charge is 2.15. The van der Waals surface area contributed by atoms with E-state index in [1.807, 2.05) is 49.4 Å². The third kappa shape index (κ3) is 4.22. The lowest BCUT2D eigenvalue weighted by atomic mass is 10.1. The van der Waals surface area contributed by atoms with Gasteiger partial charge in [0.2, 0.25) is 0 Å². The number of ketones is 1. The SMILES string of the molecule is CC(SCc1ccccc1)C(=O)c1ccc(Br)cc1. The van der Waals surface area contributed by atoms with Crippen LogP contribution < -0.4 is 0 Å². The van der Waals surface area contributed by atoms with E-state index < -0.39 is 0 Å². The van der Waals surface area contributed by atoms with E-state index in [0.717, 1.165) is 15.8 Å². The summed E-state index contributed by atoms with van der Waals surface area (Å²) in [6.45, 7) is 1.97. The Morgan fingerprint density at radius 3 is 2.37 bits per heavy atom. The Morgan fingerprint density at radius 1 is 1.11 bits per heavy atom. The number of hydrogen-bond donors (Lipinski definition) is 0. The van der Waals surface area contributed by atoms with Gasteiger partial charge in [0.1, 0.15) is 0 Å². The summed E-state index contributed by atoms with van der Waals surface area (Å²) < 4.78 is 0.994. The van der Waals surface area contributed by atoms with Gasteiger partial charge in [-0.05, 0) is 24.6 Å². The zero-order valence-corrected chi connectivity index (χ0v) is 13.1. The van der Waals surface area contributed by atoms with Crippen molar-refractivity contribution in [2.45, 2.75) is 17.9 Å². The number of carbonyl (C=O) groups is 1. The molecule has 0 N–H and O–H groups in total. The first kappa shape index (κ1) is 14.4. The molecule has 0 saturated carbocycles. The Morgan fingerprint density at radius 2 is 1.74 bits per heavy atom. The lowest BCUT2D eigenvalue weighted by Gasteiger charge is -2.10. The number of Topliss-reactive ketones (excluding diaryl/α,β-unsaturated/α-hetero) is 1. The Balaban J connectivity index is 1.94. The summed E-state index contributed by atoms with van der Waals surface area (Å²) in [5, 5.41) is -0.0265. The molecule has 0 fully saturated rings. The molecule has 0 heterocycles. The fourth-order valence-electron chi connectivity index (χ4n) is 1.72. The third-order valence-electron chi connectivity index (χ3n) is 2.84. The van der Waals surface area contributed by atoms with Gasteiger partial charge in [0, 0.05) is 15.8 Å². The van der Waals surface area contributed by atoms with Crippen molar-refractivity contribution in [3.63, 3.8) is 0 Å². The van der Waals surface area contributed by atoms with Crippen LogP contribution in [0.15, 0.2) is 59.1 Å². The van der Waals surface area contributed by atoms with E-state index in [2.05, 4.69) is 28.1 Å².